The maximum atomic E-state index is 10.5. The monoisotopic (exact) mass is 206 g/mol. The zero-order chi connectivity index (χ0) is 10.8. The van der Waals surface area contributed by atoms with Gasteiger partial charge in [-0.25, -0.2) is 9.97 Å². The molecule has 0 saturated carbocycles. The standard InChI is InChI=1S/C7H6N6O2/c8-6-5(13(14)15)4-11-12(6)7-9-2-1-3-10-7/h1-4H,8H2. The number of nitrogens with zero attached hydrogens (tertiary/aromatic N) is 5. The van der Waals surface area contributed by atoms with Crippen LogP contribution in [-0.4, -0.2) is 24.7 Å². The second-order valence-electron chi connectivity index (χ2n) is 2.63. The molecule has 2 aromatic rings. The third kappa shape index (κ3) is 1.47. The number of rotatable bonds is 2. The van der Waals surface area contributed by atoms with Crippen molar-refractivity contribution in [2.75, 3.05) is 5.73 Å². The van der Waals surface area contributed by atoms with Gasteiger partial charge < -0.3 is 5.73 Å². The van der Waals surface area contributed by atoms with Gasteiger partial charge in [-0.1, -0.05) is 0 Å². The lowest BCUT2D eigenvalue weighted by Crippen LogP contribution is -2.06. The minimum atomic E-state index is -0.609. The van der Waals surface area contributed by atoms with Crippen LogP contribution < -0.4 is 5.73 Å². The van der Waals surface area contributed by atoms with E-state index >= 15 is 0 Å². The predicted octanol–water partition coefficient (Wildman–Crippen LogP) is 0.153. The van der Waals surface area contributed by atoms with E-state index in [1.54, 1.807) is 6.07 Å². The van der Waals surface area contributed by atoms with Crippen LogP contribution in [0.15, 0.2) is 24.7 Å². The highest BCUT2D eigenvalue weighted by molar-refractivity contribution is 5.53. The lowest BCUT2D eigenvalue weighted by molar-refractivity contribution is -0.383. The molecule has 0 amide bonds. The molecule has 15 heavy (non-hydrogen) atoms. The first-order chi connectivity index (χ1) is 7.20. The van der Waals surface area contributed by atoms with Crippen LogP contribution >= 0.6 is 0 Å². The number of nitrogen functional groups attached to an aromatic ring is 1. The van der Waals surface area contributed by atoms with Crippen molar-refractivity contribution in [3.05, 3.63) is 34.8 Å². The van der Waals surface area contributed by atoms with Crippen molar-refractivity contribution in [3.8, 4) is 5.95 Å². The minimum Gasteiger partial charge on any atom is -0.378 e. The summed E-state index contributed by atoms with van der Waals surface area (Å²) in [6.07, 6.45) is 4.05. The summed E-state index contributed by atoms with van der Waals surface area (Å²) in [5.41, 5.74) is 5.25. The zero-order valence-corrected chi connectivity index (χ0v) is 7.44. The largest absolute Gasteiger partial charge is 0.378 e. The first-order valence-corrected chi connectivity index (χ1v) is 3.95. The van der Waals surface area contributed by atoms with Crippen molar-refractivity contribution in [2.45, 2.75) is 0 Å². The fourth-order valence-corrected chi connectivity index (χ4v) is 1.05. The molecule has 0 saturated heterocycles. The highest BCUT2D eigenvalue weighted by Gasteiger charge is 2.19. The van der Waals surface area contributed by atoms with Gasteiger partial charge in [0.05, 0.1) is 4.92 Å². The maximum Gasteiger partial charge on any atom is 0.331 e. The highest BCUT2D eigenvalue weighted by atomic mass is 16.6. The Hall–Kier alpha value is -2.51. The molecule has 2 N–H and O–H groups in total. The van der Waals surface area contributed by atoms with Crippen molar-refractivity contribution >= 4 is 11.5 Å². The van der Waals surface area contributed by atoms with E-state index in [0.717, 1.165) is 10.9 Å². The van der Waals surface area contributed by atoms with Gasteiger partial charge >= 0.3 is 5.69 Å². The quantitative estimate of drug-likeness (QED) is 0.552. The van der Waals surface area contributed by atoms with Crippen LogP contribution in [0.2, 0.25) is 0 Å². The minimum absolute atomic E-state index is 0.0915. The van der Waals surface area contributed by atoms with Gasteiger partial charge in [-0.3, -0.25) is 10.1 Å². The number of nitro groups is 1. The van der Waals surface area contributed by atoms with Gasteiger partial charge in [-0.15, -0.1) is 0 Å². The van der Waals surface area contributed by atoms with E-state index in [0.29, 0.717) is 0 Å². The Labute approximate surface area is 83.5 Å². The first-order valence-electron chi connectivity index (χ1n) is 3.95. The maximum absolute atomic E-state index is 10.5. The molecule has 0 aliphatic carbocycles. The second-order valence-corrected chi connectivity index (χ2v) is 2.63. The molecule has 8 nitrogen and oxygen atoms in total. The molecule has 0 aliphatic heterocycles. The summed E-state index contributed by atoms with van der Waals surface area (Å²) in [5, 5.41) is 14.2. The van der Waals surface area contributed by atoms with Crippen LogP contribution in [0.5, 0.6) is 0 Å². The molecule has 0 radical (unpaired) electrons. The zero-order valence-electron chi connectivity index (χ0n) is 7.44. The molecule has 76 valence electrons. The summed E-state index contributed by atoms with van der Waals surface area (Å²) in [7, 11) is 0. The lowest BCUT2D eigenvalue weighted by atomic mass is 10.5. The third-order valence-corrected chi connectivity index (χ3v) is 1.72. The summed E-state index contributed by atoms with van der Waals surface area (Å²) < 4.78 is 1.11. The van der Waals surface area contributed by atoms with E-state index in [1.807, 2.05) is 0 Å². The summed E-state index contributed by atoms with van der Waals surface area (Å²) in [6.45, 7) is 0. The SMILES string of the molecule is Nc1c([N+](=O)[O-])cnn1-c1ncccn1. The highest BCUT2D eigenvalue weighted by Crippen LogP contribution is 2.21. The Bertz CT molecular complexity index is 493. The Kier molecular flexibility index (Phi) is 2.01. The molecule has 2 rings (SSSR count). The molecular weight excluding hydrogens is 200 g/mol. The molecule has 2 heterocycles. The van der Waals surface area contributed by atoms with E-state index in [-0.39, 0.29) is 17.5 Å². The third-order valence-electron chi connectivity index (χ3n) is 1.72. The lowest BCUT2D eigenvalue weighted by Gasteiger charge is -1.98. The number of hydrogen-bond acceptors (Lipinski definition) is 6. The Morgan fingerprint density at radius 2 is 2.07 bits per heavy atom. The van der Waals surface area contributed by atoms with Gasteiger partial charge in [-0.05, 0) is 6.07 Å². The fourth-order valence-electron chi connectivity index (χ4n) is 1.05. The van der Waals surface area contributed by atoms with Crippen molar-refractivity contribution < 1.29 is 4.92 Å². The van der Waals surface area contributed by atoms with Gasteiger partial charge in [0, 0.05) is 12.4 Å². The van der Waals surface area contributed by atoms with Gasteiger partial charge in [0.25, 0.3) is 5.95 Å². The second kappa shape index (κ2) is 3.33. The fraction of sp³-hybridized carbons (Fsp3) is 0. The van der Waals surface area contributed by atoms with Gasteiger partial charge in [0.15, 0.2) is 0 Å². The van der Waals surface area contributed by atoms with Crippen molar-refractivity contribution in [1.29, 1.82) is 0 Å². The molecule has 2 aromatic heterocycles. The molecule has 0 atom stereocenters. The Morgan fingerprint density at radius 3 is 2.60 bits per heavy atom. The molecule has 0 fully saturated rings. The molecule has 0 unspecified atom stereocenters. The van der Waals surface area contributed by atoms with Crippen LogP contribution in [0.1, 0.15) is 0 Å². The summed E-state index contributed by atoms with van der Waals surface area (Å²) >= 11 is 0. The van der Waals surface area contributed by atoms with Crippen molar-refractivity contribution in [3.63, 3.8) is 0 Å². The average molecular weight is 206 g/mol. The van der Waals surface area contributed by atoms with E-state index in [9.17, 15) is 10.1 Å². The molecule has 8 heteroatoms. The average Bonchev–Trinajstić information content (AvgIpc) is 2.61. The topological polar surface area (TPSA) is 113 Å². The van der Waals surface area contributed by atoms with Crippen LogP contribution in [0, 0.1) is 10.1 Å². The Balaban J connectivity index is 2.52. The van der Waals surface area contributed by atoms with Crippen LogP contribution in [-0.2, 0) is 0 Å². The first kappa shape index (κ1) is 9.06. The van der Waals surface area contributed by atoms with E-state index < -0.39 is 4.92 Å². The predicted molar refractivity (Wildman–Crippen MR) is 50.2 cm³/mol. The van der Waals surface area contributed by atoms with Crippen molar-refractivity contribution in [1.82, 2.24) is 19.7 Å². The van der Waals surface area contributed by atoms with Crippen molar-refractivity contribution in [2.24, 2.45) is 0 Å². The molecule has 0 bridgehead atoms. The van der Waals surface area contributed by atoms with E-state index in [2.05, 4.69) is 15.1 Å². The van der Waals surface area contributed by atoms with E-state index in [1.165, 1.54) is 12.4 Å². The normalized spacial score (nSPS) is 10.1. The van der Waals surface area contributed by atoms with Gasteiger partial charge in [0.1, 0.15) is 6.20 Å². The van der Waals surface area contributed by atoms with E-state index in [4.69, 9.17) is 5.73 Å². The molecule has 0 aliphatic rings. The number of hydrogen-bond donors (Lipinski definition) is 1. The number of aromatic nitrogens is 4. The summed E-state index contributed by atoms with van der Waals surface area (Å²) in [4.78, 5) is 17.6. The molecular formula is C7H6N6O2. The van der Waals surface area contributed by atoms with Crippen LogP contribution in [0.4, 0.5) is 11.5 Å². The number of anilines is 1. The summed E-state index contributed by atoms with van der Waals surface area (Å²) in [5.74, 6) is 0.106. The van der Waals surface area contributed by atoms with Crippen LogP contribution in [0.3, 0.4) is 0 Å². The summed E-state index contributed by atoms with van der Waals surface area (Å²) in [6, 6.07) is 1.62. The molecule has 0 spiro atoms. The smallest absolute Gasteiger partial charge is 0.331 e. The number of nitrogens with two attached hydrogens (primary N) is 1. The molecule has 0 aromatic carbocycles. The Morgan fingerprint density at radius 1 is 1.40 bits per heavy atom. The van der Waals surface area contributed by atoms with Gasteiger partial charge in [-0.2, -0.15) is 9.78 Å². The van der Waals surface area contributed by atoms with Gasteiger partial charge in [0.2, 0.25) is 5.82 Å². The van der Waals surface area contributed by atoms with Crippen LogP contribution in [0.25, 0.3) is 5.95 Å².